The number of carbonyl (C=O) groups excluding carboxylic acids is 1. The van der Waals surface area contributed by atoms with Crippen LogP contribution in [0.4, 0.5) is 5.69 Å². The highest BCUT2D eigenvalue weighted by Crippen LogP contribution is 2.25. The van der Waals surface area contributed by atoms with Crippen LogP contribution in [-0.4, -0.2) is 17.8 Å². The van der Waals surface area contributed by atoms with E-state index in [-0.39, 0.29) is 18.1 Å². The first-order valence-electron chi connectivity index (χ1n) is 5.91. The number of rotatable bonds is 6. The zero-order chi connectivity index (χ0) is 14.4. The summed E-state index contributed by atoms with van der Waals surface area (Å²) >= 11 is 0. The van der Waals surface area contributed by atoms with Gasteiger partial charge in [-0.15, -0.1) is 0 Å². The normalized spacial score (nSPS) is 11.4. The molecule has 0 saturated carbocycles. The van der Waals surface area contributed by atoms with Crippen molar-refractivity contribution in [3.05, 3.63) is 51.1 Å². The van der Waals surface area contributed by atoms with Gasteiger partial charge in [0.25, 0.3) is 5.69 Å². The van der Waals surface area contributed by atoms with Gasteiger partial charge in [-0.05, 0) is 25.0 Å². The Hall–Kier alpha value is -2.01. The maximum absolute atomic E-state index is 11.4. The number of hydrogen-bond donors (Lipinski definition) is 0. The number of nitrogens with zero attached hydrogens (tertiary/aromatic N) is 1. The van der Waals surface area contributed by atoms with Gasteiger partial charge in [-0.1, -0.05) is 18.2 Å². The minimum atomic E-state index is -0.430. The van der Waals surface area contributed by atoms with E-state index in [0.717, 1.165) is 5.56 Å². The molecule has 1 rings (SSSR count). The monoisotopic (exact) mass is 263 g/mol. The van der Waals surface area contributed by atoms with Crippen LogP contribution in [0, 0.1) is 10.1 Å². The van der Waals surface area contributed by atoms with Gasteiger partial charge in [0.2, 0.25) is 0 Å². The molecule has 0 fully saturated rings. The van der Waals surface area contributed by atoms with Crippen molar-refractivity contribution in [1.29, 1.82) is 0 Å². The molecule has 5 heteroatoms. The van der Waals surface area contributed by atoms with Crippen molar-refractivity contribution in [1.82, 2.24) is 0 Å². The maximum Gasteiger partial charge on any atom is 0.275 e. The van der Waals surface area contributed by atoms with Gasteiger partial charge in [0.1, 0.15) is 0 Å². The molecule has 0 saturated heterocycles. The molecule has 5 nitrogen and oxygen atoms in total. The van der Waals surface area contributed by atoms with E-state index >= 15 is 0 Å². The minimum absolute atomic E-state index is 0.0263. The molecule has 0 heterocycles. The van der Waals surface area contributed by atoms with Gasteiger partial charge in [-0.25, -0.2) is 0 Å². The number of nitro benzene ring substituents is 1. The summed E-state index contributed by atoms with van der Waals surface area (Å²) < 4.78 is 5.03. The van der Waals surface area contributed by atoms with E-state index in [2.05, 4.69) is 0 Å². The van der Waals surface area contributed by atoms with E-state index in [1.54, 1.807) is 25.1 Å². The SMILES string of the molecule is C/C=C(\Cc1cccc([N+](=O)[O-])c1COC)C(C)=O. The summed E-state index contributed by atoms with van der Waals surface area (Å²) in [6.07, 6.45) is 2.12. The summed E-state index contributed by atoms with van der Waals surface area (Å²) in [7, 11) is 1.49. The summed E-state index contributed by atoms with van der Waals surface area (Å²) in [6, 6.07) is 4.86. The molecule has 0 radical (unpaired) electrons. The fourth-order valence-corrected chi connectivity index (χ4v) is 1.90. The van der Waals surface area contributed by atoms with Gasteiger partial charge in [-0.2, -0.15) is 0 Å². The molecule has 19 heavy (non-hydrogen) atoms. The number of ketones is 1. The lowest BCUT2D eigenvalue weighted by Gasteiger charge is -2.10. The second kappa shape index (κ2) is 6.80. The number of ether oxygens (including phenoxy) is 1. The van der Waals surface area contributed by atoms with Crippen LogP contribution in [0.25, 0.3) is 0 Å². The van der Waals surface area contributed by atoms with Crippen LogP contribution in [0.3, 0.4) is 0 Å². The van der Waals surface area contributed by atoms with E-state index in [1.165, 1.54) is 20.1 Å². The fraction of sp³-hybridized carbons (Fsp3) is 0.357. The van der Waals surface area contributed by atoms with Gasteiger partial charge in [-0.3, -0.25) is 14.9 Å². The fourth-order valence-electron chi connectivity index (χ4n) is 1.90. The lowest BCUT2D eigenvalue weighted by molar-refractivity contribution is -0.386. The largest absolute Gasteiger partial charge is 0.380 e. The molecule has 0 atom stereocenters. The van der Waals surface area contributed by atoms with Crippen LogP contribution in [0.5, 0.6) is 0 Å². The summed E-state index contributed by atoms with van der Waals surface area (Å²) in [5.74, 6) is -0.0302. The van der Waals surface area contributed by atoms with Crippen LogP contribution in [0.2, 0.25) is 0 Å². The third kappa shape index (κ3) is 3.72. The molecule has 102 valence electrons. The number of benzene rings is 1. The summed E-state index contributed by atoms with van der Waals surface area (Å²) in [4.78, 5) is 22.0. The van der Waals surface area contributed by atoms with Crippen molar-refractivity contribution in [3.63, 3.8) is 0 Å². The third-order valence-corrected chi connectivity index (χ3v) is 2.92. The molecule has 0 N–H and O–H groups in total. The Labute approximate surface area is 112 Å². The number of nitro groups is 1. The highest BCUT2D eigenvalue weighted by atomic mass is 16.6. The molecule has 1 aromatic carbocycles. The summed E-state index contributed by atoms with van der Waals surface area (Å²) in [5, 5.41) is 11.0. The number of carbonyl (C=O) groups is 1. The van der Waals surface area contributed by atoms with Gasteiger partial charge in [0, 0.05) is 19.6 Å². The highest BCUT2D eigenvalue weighted by Gasteiger charge is 2.18. The van der Waals surface area contributed by atoms with Crippen molar-refractivity contribution in [2.24, 2.45) is 0 Å². The molecular formula is C14H17NO4. The number of Topliss-reactive ketones (excluding diaryl/α,β-unsaturated/α-hetero) is 1. The quantitative estimate of drug-likeness (QED) is 0.449. The van der Waals surface area contributed by atoms with E-state index in [4.69, 9.17) is 4.74 Å². The van der Waals surface area contributed by atoms with E-state index in [1.807, 2.05) is 0 Å². The van der Waals surface area contributed by atoms with Crippen LogP contribution in [0.1, 0.15) is 25.0 Å². The smallest absolute Gasteiger partial charge is 0.275 e. The lowest BCUT2D eigenvalue weighted by Crippen LogP contribution is -2.06. The van der Waals surface area contributed by atoms with Crippen molar-refractivity contribution < 1.29 is 14.5 Å². The van der Waals surface area contributed by atoms with Gasteiger partial charge in [0.05, 0.1) is 17.1 Å². The van der Waals surface area contributed by atoms with Crippen LogP contribution >= 0.6 is 0 Å². The Morgan fingerprint density at radius 2 is 2.16 bits per heavy atom. The second-order valence-corrected chi connectivity index (χ2v) is 4.15. The zero-order valence-corrected chi connectivity index (χ0v) is 11.3. The van der Waals surface area contributed by atoms with E-state index < -0.39 is 4.92 Å². The number of methoxy groups -OCH3 is 1. The van der Waals surface area contributed by atoms with Gasteiger partial charge >= 0.3 is 0 Å². The molecule has 0 spiro atoms. The van der Waals surface area contributed by atoms with Crippen molar-refractivity contribution in [3.8, 4) is 0 Å². The minimum Gasteiger partial charge on any atom is -0.380 e. The molecule has 0 aliphatic carbocycles. The molecule has 0 bridgehead atoms. The molecule has 0 unspecified atom stereocenters. The van der Waals surface area contributed by atoms with Crippen molar-refractivity contribution in [2.75, 3.05) is 7.11 Å². The Balaban J connectivity index is 3.23. The highest BCUT2D eigenvalue weighted by molar-refractivity contribution is 5.93. The number of hydrogen-bond acceptors (Lipinski definition) is 4. The zero-order valence-electron chi connectivity index (χ0n) is 11.3. The van der Waals surface area contributed by atoms with E-state index in [0.29, 0.717) is 17.6 Å². The Morgan fingerprint density at radius 1 is 1.47 bits per heavy atom. The Kier molecular flexibility index (Phi) is 5.38. The van der Waals surface area contributed by atoms with Crippen LogP contribution in [0.15, 0.2) is 29.8 Å². The second-order valence-electron chi connectivity index (χ2n) is 4.15. The average molecular weight is 263 g/mol. The topological polar surface area (TPSA) is 69.4 Å². The molecular weight excluding hydrogens is 246 g/mol. The first-order valence-corrected chi connectivity index (χ1v) is 5.91. The molecule has 0 aromatic heterocycles. The lowest BCUT2D eigenvalue weighted by atomic mass is 9.97. The molecule has 0 amide bonds. The number of allylic oxidation sites excluding steroid dienone is 2. The average Bonchev–Trinajstić information content (AvgIpc) is 2.36. The standard InChI is InChI=1S/C14H17NO4/c1-4-11(10(2)16)8-12-6-5-7-14(15(17)18)13(12)9-19-3/h4-7H,8-9H2,1-3H3/b11-4+. The van der Waals surface area contributed by atoms with Crippen LogP contribution in [-0.2, 0) is 22.6 Å². The summed E-state index contributed by atoms with van der Waals surface area (Å²) in [6.45, 7) is 3.42. The van der Waals surface area contributed by atoms with Gasteiger partial charge in [0.15, 0.2) is 5.78 Å². The predicted molar refractivity (Wildman–Crippen MR) is 72.0 cm³/mol. The van der Waals surface area contributed by atoms with Crippen LogP contribution < -0.4 is 0 Å². The molecule has 0 aliphatic rings. The van der Waals surface area contributed by atoms with Crippen molar-refractivity contribution in [2.45, 2.75) is 26.9 Å². The Morgan fingerprint density at radius 3 is 2.63 bits per heavy atom. The van der Waals surface area contributed by atoms with Crippen molar-refractivity contribution >= 4 is 11.5 Å². The summed E-state index contributed by atoms with van der Waals surface area (Å²) in [5.41, 5.74) is 1.94. The Bertz CT molecular complexity index is 520. The first-order chi connectivity index (χ1) is 9.01. The van der Waals surface area contributed by atoms with E-state index in [9.17, 15) is 14.9 Å². The molecule has 1 aromatic rings. The molecule has 0 aliphatic heterocycles. The maximum atomic E-state index is 11.4. The first kappa shape index (κ1) is 15.0. The predicted octanol–water partition coefficient (Wildman–Crippen LogP) is 2.82. The third-order valence-electron chi connectivity index (χ3n) is 2.92. The van der Waals surface area contributed by atoms with Gasteiger partial charge < -0.3 is 4.74 Å².